The summed E-state index contributed by atoms with van der Waals surface area (Å²) >= 11 is 0. The maximum Gasteiger partial charge on any atom is 0.405 e. The van der Waals surface area contributed by atoms with Gasteiger partial charge in [-0.2, -0.15) is 13.2 Å². The minimum absolute atomic E-state index is 0.0336. The molecule has 0 saturated heterocycles. The zero-order chi connectivity index (χ0) is 16.3. The van der Waals surface area contributed by atoms with Crippen LogP contribution in [0.5, 0.6) is 5.75 Å². The molecular weight excluding hydrogens is 285 g/mol. The summed E-state index contributed by atoms with van der Waals surface area (Å²) in [4.78, 5) is 10.6. The van der Waals surface area contributed by atoms with Crippen LogP contribution >= 0.6 is 0 Å². The molecule has 0 amide bonds. The van der Waals surface area contributed by atoms with E-state index in [1.807, 2.05) is 6.92 Å². The predicted octanol–water partition coefficient (Wildman–Crippen LogP) is 4.02. The highest BCUT2D eigenvalue weighted by Gasteiger charge is 2.45. The quantitative estimate of drug-likeness (QED) is 0.863. The molecule has 1 unspecified atom stereocenters. The van der Waals surface area contributed by atoms with E-state index < -0.39 is 24.7 Å². The van der Waals surface area contributed by atoms with Gasteiger partial charge in [0.15, 0.2) is 5.92 Å². The number of hydrogen-bond donors (Lipinski definition) is 1. The second-order valence-corrected chi connectivity index (χ2v) is 5.51. The molecule has 1 N–H and O–H groups in total. The Labute approximate surface area is 121 Å². The third-order valence-corrected chi connectivity index (χ3v) is 3.63. The topological polar surface area (TPSA) is 46.5 Å². The van der Waals surface area contributed by atoms with E-state index >= 15 is 0 Å². The first kappa shape index (κ1) is 17.3. The largest absolute Gasteiger partial charge is 0.492 e. The lowest BCUT2D eigenvalue weighted by atomic mass is 9.82. The number of rotatable bonds is 6. The molecule has 0 bridgehead atoms. The Bertz CT molecular complexity index is 478. The Morgan fingerprint density at radius 2 is 1.76 bits per heavy atom. The van der Waals surface area contributed by atoms with E-state index in [4.69, 9.17) is 9.84 Å². The van der Waals surface area contributed by atoms with Crippen LogP contribution in [0.1, 0.15) is 32.8 Å². The van der Waals surface area contributed by atoms with Crippen molar-refractivity contribution < 1.29 is 27.8 Å². The van der Waals surface area contributed by atoms with Crippen LogP contribution in [0.2, 0.25) is 0 Å². The molecular formula is C15H19F3O3. The Morgan fingerprint density at radius 1 is 1.24 bits per heavy atom. The summed E-state index contributed by atoms with van der Waals surface area (Å²) in [7, 11) is 0. The first-order valence-corrected chi connectivity index (χ1v) is 6.61. The fraction of sp³-hybridized carbons (Fsp3) is 0.533. The van der Waals surface area contributed by atoms with Gasteiger partial charge in [0.1, 0.15) is 12.4 Å². The highest BCUT2D eigenvalue weighted by molar-refractivity contribution is 5.71. The lowest BCUT2D eigenvalue weighted by molar-refractivity contribution is -0.198. The van der Waals surface area contributed by atoms with Gasteiger partial charge in [0, 0.05) is 0 Å². The molecule has 0 spiro atoms. The number of ether oxygens (including phenoxy) is 1. The number of alkyl halides is 3. The molecule has 0 heterocycles. The van der Waals surface area contributed by atoms with Gasteiger partial charge >= 0.3 is 12.1 Å². The van der Waals surface area contributed by atoms with Gasteiger partial charge < -0.3 is 9.84 Å². The number of aliphatic carboxylic acids is 1. The van der Waals surface area contributed by atoms with Crippen LogP contribution in [-0.4, -0.2) is 23.9 Å². The van der Waals surface area contributed by atoms with Gasteiger partial charge in [0.25, 0.3) is 0 Å². The normalized spacial score (nSPS) is 13.8. The van der Waals surface area contributed by atoms with Crippen LogP contribution in [0.15, 0.2) is 24.3 Å². The first-order valence-electron chi connectivity index (χ1n) is 6.61. The number of halogens is 3. The van der Waals surface area contributed by atoms with Gasteiger partial charge in [-0.05, 0) is 29.5 Å². The molecule has 1 aromatic rings. The molecule has 0 fully saturated rings. The van der Waals surface area contributed by atoms with Gasteiger partial charge in [0.2, 0.25) is 0 Å². The molecule has 0 saturated carbocycles. The fourth-order valence-corrected chi connectivity index (χ4v) is 1.69. The van der Waals surface area contributed by atoms with Crippen molar-refractivity contribution in [2.75, 3.05) is 6.61 Å². The summed E-state index contributed by atoms with van der Waals surface area (Å²) in [6, 6.07) is 6.68. The van der Waals surface area contributed by atoms with Gasteiger partial charge in [-0.15, -0.1) is 0 Å². The van der Waals surface area contributed by atoms with E-state index in [0.29, 0.717) is 0 Å². The molecule has 0 aliphatic carbocycles. The number of benzene rings is 1. The summed E-state index contributed by atoms with van der Waals surface area (Å²) < 4.78 is 42.4. The van der Waals surface area contributed by atoms with Crippen molar-refractivity contribution in [2.45, 2.75) is 38.8 Å². The highest BCUT2D eigenvalue weighted by atomic mass is 19.4. The van der Waals surface area contributed by atoms with E-state index in [9.17, 15) is 18.0 Å². The number of carboxylic acid groups (broad SMARTS) is 1. The van der Waals surface area contributed by atoms with Crippen LogP contribution in [0.25, 0.3) is 0 Å². The zero-order valence-electron chi connectivity index (χ0n) is 12.2. The van der Waals surface area contributed by atoms with Gasteiger partial charge in [-0.25, -0.2) is 0 Å². The molecule has 118 valence electrons. The average Bonchev–Trinajstić information content (AvgIpc) is 2.37. The van der Waals surface area contributed by atoms with Crippen molar-refractivity contribution in [2.24, 2.45) is 5.92 Å². The van der Waals surface area contributed by atoms with Crippen molar-refractivity contribution in [1.29, 1.82) is 0 Å². The van der Waals surface area contributed by atoms with Crippen LogP contribution in [-0.2, 0) is 10.2 Å². The Hall–Kier alpha value is -1.72. The van der Waals surface area contributed by atoms with Crippen LogP contribution in [0.4, 0.5) is 13.2 Å². The lowest BCUT2D eigenvalue weighted by Crippen LogP contribution is -2.35. The Kier molecular flexibility index (Phi) is 5.25. The van der Waals surface area contributed by atoms with Crippen LogP contribution in [0, 0.1) is 5.92 Å². The van der Waals surface area contributed by atoms with Gasteiger partial charge in [0.05, 0.1) is 0 Å². The number of carboxylic acids is 1. The molecule has 3 nitrogen and oxygen atoms in total. The Balaban J connectivity index is 2.75. The monoisotopic (exact) mass is 304 g/mol. The molecule has 0 aliphatic heterocycles. The van der Waals surface area contributed by atoms with Gasteiger partial charge in [-0.1, -0.05) is 32.9 Å². The molecule has 1 atom stereocenters. The molecule has 21 heavy (non-hydrogen) atoms. The molecule has 1 rings (SSSR count). The van der Waals surface area contributed by atoms with Gasteiger partial charge in [-0.3, -0.25) is 4.79 Å². The zero-order valence-corrected chi connectivity index (χ0v) is 12.2. The summed E-state index contributed by atoms with van der Waals surface area (Å²) in [5.74, 6) is -4.24. The highest BCUT2D eigenvalue weighted by Crippen LogP contribution is 2.30. The van der Waals surface area contributed by atoms with Crippen molar-refractivity contribution in [1.82, 2.24) is 0 Å². The van der Waals surface area contributed by atoms with E-state index in [2.05, 4.69) is 13.8 Å². The number of carbonyl (C=O) groups is 1. The first-order chi connectivity index (χ1) is 9.58. The molecule has 0 aromatic heterocycles. The molecule has 0 radical (unpaired) electrons. The maximum absolute atomic E-state index is 12.5. The van der Waals surface area contributed by atoms with E-state index in [1.54, 1.807) is 24.3 Å². The Morgan fingerprint density at radius 3 is 2.14 bits per heavy atom. The van der Waals surface area contributed by atoms with E-state index in [0.717, 1.165) is 12.0 Å². The van der Waals surface area contributed by atoms with Crippen molar-refractivity contribution >= 4 is 5.97 Å². The third kappa shape index (κ3) is 4.65. The van der Waals surface area contributed by atoms with Crippen molar-refractivity contribution in [3.05, 3.63) is 29.8 Å². The second-order valence-electron chi connectivity index (χ2n) is 5.51. The third-order valence-electron chi connectivity index (χ3n) is 3.63. The molecule has 1 aromatic carbocycles. The smallest absolute Gasteiger partial charge is 0.405 e. The second kappa shape index (κ2) is 6.37. The summed E-state index contributed by atoms with van der Waals surface area (Å²) in [5, 5.41) is 8.57. The standard InChI is InChI=1S/C15H19F3O3/c1-4-14(2,3)10-5-7-11(8-6-10)21-9-12(13(19)20)15(16,17)18/h5-8,12H,4,9H2,1-3H3,(H,19,20). The minimum Gasteiger partial charge on any atom is -0.492 e. The van der Waals surface area contributed by atoms with Crippen molar-refractivity contribution in [3.63, 3.8) is 0 Å². The van der Waals surface area contributed by atoms with E-state index in [-0.39, 0.29) is 11.2 Å². The summed E-state index contributed by atoms with van der Waals surface area (Å²) in [5.41, 5.74) is 1.01. The van der Waals surface area contributed by atoms with Crippen molar-refractivity contribution in [3.8, 4) is 5.75 Å². The maximum atomic E-state index is 12.5. The van der Waals surface area contributed by atoms with Crippen LogP contribution in [0.3, 0.4) is 0 Å². The van der Waals surface area contributed by atoms with E-state index in [1.165, 1.54) is 0 Å². The molecule has 6 heteroatoms. The summed E-state index contributed by atoms with van der Waals surface area (Å²) in [6.07, 6.45) is -3.90. The van der Waals surface area contributed by atoms with Crippen LogP contribution < -0.4 is 4.74 Å². The average molecular weight is 304 g/mol. The predicted molar refractivity (Wildman–Crippen MR) is 72.4 cm³/mol. The minimum atomic E-state index is -4.82. The molecule has 0 aliphatic rings. The fourth-order valence-electron chi connectivity index (χ4n) is 1.69. The summed E-state index contributed by atoms with van der Waals surface area (Å²) in [6.45, 7) is 5.24. The SMILES string of the molecule is CCC(C)(C)c1ccc(OCC(C(=O)O)C(F)(F)F)cc1. The number of hydrogen-bond acceptors (Lipinski definition) is 2. The lowest BCUT2D eigenvalue weighted by Gasteiger charge is -2.23.